The fourth-order valence-corrected chi connectivity index (χ4v) is 2.51. The number of rotatable bonds is 2. The lowest BCUT2D eigenvalue weighted by molar-refractivity contribution is -0.135. The predicted molar refractivity (Wildman–Crippen MR) is 67.9 cm³/mol. The highest BCUT2D eigenvalue weighted by molar-refractivity contribution is 5.85. The Balaban J connectivity index is 0.00000128. The Kier molecular flexibility index (Phi) is 5.56. The quantitative estimate of drug-likeness (QED) is 0.806. The monoisotopic (exact) mass is 246 g/mol. The fourth-order valence-electron chi connectivity index (χ4n) is 2.51. The van der Waals surface area contributed by atoms with E-state index in [-0.39, 0.29) is 18.4 Å². The molecule has 3 nitrogen and oxygen atoms in total. The smallest absolute Gasteiger partial charge is 0.239 e. The summed E-state index contributed by atoms with van der Waals surface area (Å²) >= 11 is 0. The zero-order valence-electron chi connectivity index (χ0n) is 10.1. The van der Waals surface area contributed by atoms with E-state index < -0.39 is 0 Å². The number of carbonyl (C=O) groups is 1. The third-order valence-corrected chi connectivity index (χ3v) is 3.86. The second-order valence-corrected chi connectivity index (χ2v) is 4.83. The van der Waals surface area contributed by atoms with Crippen LogP contribution in [-0.2, 0) is 4.79 Å². The third kappa shape index (κ3) is 3.11. The second-order valence-electron chi connectivity index (χ2n) is 4.83. The molecular formula is C12H23ClN2O. The van der Waals surface area contributed by atoms with Crippen LogP contribution in [0.4, 0.5) is 0 Å². The lowest BCUT2D eigenvalue weighted by Gasteiger charge is -2.32. The van der Waals surface area contributed by atoms with Crippen LogP contribution < -0.4 is 5.32 Å². The van der Waals surface area contributed by atoms with Crippen LogP contribution in [0.25, 0.3) is 0 Å². The maximum Gasteiger partial charge on any atom is 0.239 e. The van der Waals surface area contributed by atoms with E-state index in [1.165, 1.54) is 25.7 Å². The topological polar surface area (TPSA) is 32.3 Å². The number of hydrogen-bond donors (Lipinski definition) is 1. The van der Waals surface area contributed by atoms with Crippen molar-refractivity contribution in [2.24, 2.45) is 5.92 Å². The number of amides is 1. The first-order valence-corrected chi connectivity index (χ1v) is 6.33. The summed E-state index contributed by atoms with van der Waals surface area (Å²) in [6, 6.07) is 0.142. The second kappa shape index (κ2) is 6.45. The first kappa shape index (κ1) is 13.8. The van der Waals surface area contributed by atoms with Gasteiger partial charge in [-0.3, -0.25) is 4.79 Å². The van der Waals surface area contributed by atoms with Gasteiger partial charge >= 0.3 is 0 Å². The van der Waals surface area contributed by atoms with Gasteiger partial charge in [-0.25, -0.2) is 0 Å². The molecule has 2 atom stereocenters. The van der Waals surface area contributed by atoms with Gasteiger partial charge in [0.1, 0.15) is 0 Å². The van der Waals surface area contributed by atoms with Crippen molar-refractivity contribution < 1.29 is 4.79 Å². The van der Waals surface area contributed by atoms with Gasteiger partial charge in [0.05, 0.1) is 6.04 Å². The molecule has 0 aliphatic carbocycles. The molecule has 0 aromatic carbocycles. The Morgan fingerprint density at radius 1 is 1.31 bits per heavy atom. The van der Waals surface area contributed by atoms with Crippen LogP contribution in [0.5, 0.6) is 0 Å². The molecule has 16 heavy (non-hydrogen) atoms. The van der Waals surface area contributed by atoms with Gasteiger partial charge in [0, 0.05) is 13.1 Å². The Labute approximate surface area is 104 Å². The van der Waals surface area contributed by atoms with Crippen LogP contribution in [0.3, 0.4) is 0 Å². The number of hydrogen-bond acceptors (Lipinski definition) is 2. The van der Waals surface area contributed by atoms with E-state index in [9.17, 15) is 4.79 Å². The summed E-state index contributed by atoms with van der Waals surface area (Å²) in [5.41, 5.74) is 0. The number of likely N-dealkylation sites (tertiary alicyclic amines) is 1. The summed E-state index contributed by atoms with van der Waals surface area (Å²) in [6.07, 6.45) is 6.00. The summed E-state index contributed by atoms with van der Waals surface area (Å²) in [5, 5.41) is 3.20. The van der Waals surface area contributed by atoms with Gasteiger partial charge in [-0.15, -0.1) is 12.4 Å². The SMILES string of the molecule is CCC1CCCN(C(=O)[C@H]2CCN2)CC1.Cl. The standard InChI is InChI=1S/C12H22N2O.ClH/c1-2-10-4-3-8-14(9-6-10)12(15)11-5-7-13-11;/h10-11,13H,2-9H2,1H3;1H/t10?,11-;/m1./s1. The lowest BCUT2D eigenvalue weighted by atomic mass is 9.98. The molecule has 2 rings (SSSR count). The molecule has 0 radical (unpaired) electrons. The van der Waals surface area contributed by atoms with Gasteiger partial charge in [0.25, 0.3) is 0 Å². The van der Waals surface area contributed by atoms with E-state index in [1.54, 1.807) is 0 Å². The summed E-state index contributed by atoms with van der Waals surface area (Å²) in [4.78, 5) is 14.1. The van der Waals surface area contributed by atoms with E-state index in [4.69, 9.17) is 0 Å². The Morgan fingerprint density at radius 2 is 2.06 bits per heavy atom. The minimum absolute atomic E-state index is 0. The molecule has 0 bridgehead atoms. The number of carbonyl (C=O) groups excluding carboxylic acids is 1. The van der Waals surface area contributed by atoms with Gasteiger partial charge in [0.15, 0.2) is 0 Å². The molecule has 0 saturated carbocycles. The molecule has 2 aliphatic rings. The molecule has 2 saturated heterocycles. The molecule has 0 spiro atoms. The Morgan fingerprint density at radius 3 is 2.62 bits per heavy atom. The number of halogens is 1. The molecule has 1 amide bonds. The molecule has 2 fully saturated rings. The zero-order valence-corrected chi connectivity index (χ0v) is 10.9. The lowest BCUT2D eigenvalue weighted by Crippen LogP contribution is -2.54. The van der Waals surface area contributed by atoms with Crippen LogP contribution >= 0.6 is 12.4 Å². The van der Waals surface area contributed by atoms with Gasteiger partial charge in [0.2, 0.25) is 5.91 Å². The van der Waals surface area contributed by atoms with Crippen LogP contribution in [0.1, 0.15) is 39.0 Å². The highest BCUT2D eigenvalue weighted by Crippen LogP contribution is 2.21. The van der Waals surface area contributed by atoms with Crippen molar-refractivity contribution in [3.63, 3.8) is 0 Å². The minimum Gasteiger partial charge on any atom is -0.341 e. The highest BCUT2D eigenvalue weighted by atomic mass is 35.5. The predicted octanol–water partition coefficient (Wildman–Crippen LogP) is 1.81. The van der Waals surface area contributed by atoms with Crippen LogP contribution in [-0.4, -0.2) is 36.5 Å². The summed E-state index contributed by atoms with van der Waals surface area (Å²) < 4.78 is 0. The Bertz CT molecular complexity index is 231. The molecule has 0 aromatic rings. The summed E-state index contributed by atoms with van der Waals surface area (Å²) in [7, 11) is 0. The molecule has 2 aliphatic heterocycles. The van der Waals surface area contributed by atoms with Gasteiger partial charge in [-0.1, -0.05) is 13.3 Å². The van der Waals surface area contributed by atoms with Crippen molar-refractivity contribution in [1.82, 2.24) is 10.2 Å². The van der Waals surface area contributed by atoms with Crippen molar-refractivity contribution in [2.45, 2.75) is 45.1 Å². The van der Waals surface area contributed by atoms with Crippen molar-refractivity contribution >= 4 is 18.3 Å². The first-order chi connectivity index (χ1) is 7.31. The van der Waals surface area contributed by atoms with Crippen molar-refractivity contribution in [2.75, 3.05) is 19.6 Å². The maximum absolute atomic E-state index is 12.0. The fraction of sp³-hybridized carbons (Fsp3) is 0.917. The molecular weight excluding hydrogens is 224 g/mol. The molecule has 94 valence electrons. The van der Waals surface area contributed by atoms with E-state index in [0.717, 1.165) is 32.0 Å². The van der Waals surface area contributed by atoms with E-state index >= 15 is 0 Å². The summed E-state index contributed by atoms with van der Waals surface area (Å²) in [5.74, 6) is 1.19. The van der Waals surface area contributed by atoms with Crippen LogP contribution in [0.2, 0.25) is 0 Å². The number of nitrogens with one attached hydrogen (secondary N) is 1. The van der Waals surface area contributed by atoms with Gasteiger partial charge in [-0.2, -0.15) is 0 Å². The first-order valence-electron chi connectivity index (χ1n) is 6.33. The molecule has 1 unspecified atom stereocenters. The summed E-state index contributed by atoms with van der Waals surface area (Å²) in [6.45, 7) is 5.24. The van der Waals surface area contributed by atoms with Gasteiger partial charge in [-0.05, 0) is 38.1 Å². The molecule has 0 aromatic heterocycles. The van der Waals surface area contributed by atoms with Crippen LogP contribution in [0.15, 0.2) is 0 Å². The molecule has 4 heteroatoms. The van der Waals surface area contributed by atoms with E-state index in [2.05, 4.69) is 17.1 Å². The third-order valence-electron chi connectivity index (χ3n) is 3.86. The molecule has 2 heterocycles. The van der Waals surface area contributed by atoms with E-state index in [0.29, 0.717) is 5.91 Å². The van der Waals surface area contributed by atoms with Crippen molar-refractivity contribution in [3.8, 4) is 0 Å². The van der Waals surface area contributed by atoms with Gasteiger partial charge < -0.3 is 10.2 Å². The molecule has 1 N–H and O–H groups in total. The minimum atomic E-state index is 0. The Hall–Kier alpha value is -0.280. The normalized spacial score (nSPS) is 29.9. The number of nitrogens with zero attached hydrogens (tertiary/aromatic N) is 1. The average molecular weight is 247 g/mol. The maximum atomic E-state index is 12.0. The van der Waals surface area contributed by atoms with E-state index in [1.807, 2.05) is 0 Å². The highest BCUT2D eigenvalue weighted by Gasteiger charge is 2.29. The van der Waals surface area contributed by atoms with Crippen molar-refractivity contribution in [3.05, 3.63) is 0 Å². The largest absolute Gasteiger partial charge is 0.341 e. The van der Waals surface area contributed by atoms with Crippen molar-refractivity contribution in [1.29, 1.82) is 0 Å². The van der Waals surface area contributed by atoms with Crippen LogP contribution in [0, 0.1) is 5.92 Å². The average Bonchev–Trinajstić information content (AvgIpc) is 2.39. The zero-order chi connectivity index (χ0) is 10.7.